The van der Waals surface area contributed by atoms with E-state index in [-0.39, 0.29) is 5.78 Å². The minimum atomic E-state index is 0.184. The average molecular weight is 303 g/mol. The third-order valence-electron chi connectivity index (χ3n) is 4.60. The summed E-state index contributed by atoms with van der Waals surface area (Å²) >= 11 is 0. The summed E-state index contributed by atoms with van der Waals surface area (Å²) in [5.41, 5.74) is 3.07. The van der Waals surface area contributed by atoms with Gasteiger partial charge in [0.2, 0.25) is 0 Å². The first kappa shape index (κ1) is 17.0. The number of ketones is 1. The smallest absolute Gasteiger partial charge is 0.180 e. The molecule has 1 fully saturated rings. The van der Waals surface area contributed by atoms with Gasteiger partial charge >= 0.3 is 0 Å². The highest BCUT2D eigenvalue weighted by Gasteiger charge is 2.21. The monoisotopic (exact) mass is 303 g/mol. The van der Waals surface area contributed by atoms with E-state index >= 15 is 0 Å². The van der Waals surface area contributed by atoms with Crippen LogP contribution in [0.25, 0.3) is 0 Å². The molecule has 0 N–H and O–H groups in total. The molecule has 0 aliphatic carbocycles. The van der Waals surface area contributed by atoms with Gasteiger partial charge in [0.15, 0.2) is 5.78 Å². The normalized spacial score (nSPS) is 16.7. The van der Waals surface area contributed by atoms with Gasteiger partial charge in [0.25, 0.3) is 0 Å². The van der Waals surface area contributed by atoms with Crippen LogP contribution in [0.3, 0.4) is 0 Å². The number of carbonyl (C=O) groups is 1. The van der Waals surface area contributed by atoms with Crippen molar-refractivity contribution in [1.29, 1.82) is 0 Å². The van der Waals surface area contributed by atoms with E-state index < -0.39 is 0 Å². The van der Waals surface area contributed by atoms with Crippen molar-refractivity contribution < 1.29 is 9.53 Å². The van der Waals surface area contributed by atoms with Crippen molar-refractivity contribution in [1.82, 2.24) is 4.90 Å². The number of Topliss-reactive ketones (excluding diaryl/α,β-unsaturated/α-hetero) is 1. The molecule has 3 nitrogen and oxygen atoms in total. The van der Waals surface area contributed by atoms with Crippen molar-refractivity contribution in [2.24, 2.45) is 5.92 Å². The van der Waals surface area contributed by atoms with Gasteiger partial charge in [-0.3, -0.25) is 9.69 Å². The van der Waals surface area contributed by atoms with Gasteiger partial charge in [0.1, 0.15) is 5.75 Å². The lowest BCUT2D eigenvalue weighted by molar-refractivity contribution is 0.0895. The van der Waals surface area contributed by atoms with Gasteiger partial charge in [-0.15, -0.1) is 0 Å². The molecule has 0 atom stereocenters. The van der Waals surface area contributed by atoms with Crippen LogP contribution in [0.15, 0.2) is 12.1 Å². The van der Waals surface area contributed by atoms with Crippen LogP contribution in [0.4, 0.5) is 0 Å². The van der Waals surface area contributed by atoms with Crippen molar-refractivity contribution in [3.05, 3.63) is 28.8 Å². The van der Waals surface area contributed by atoms with E-state index in [0.717, 1.165) is 42.3 Å². The van der Waals surface area contributed by atoms with Crippen molar-refractivity contribution in [3.63, 3.8) is 0 Å². The van der Waals surface area contributed by atoms with Gasteiger partial charge in [-0.1, -0.05) is 13.8 Å². The minimum absolute atomic E-state index is 0.184. The van der Waals surface area contributed by atoms with Gasteiger partial charge in [-0.25, -0.2) is 0 Å². The molecule has 1 aromatic rings. The Balaban J connectivity index is 2.11. The third kappa shape index (κ3) is 4.33. The van der Waals surface area contributed by atoms with Crippen LogP contribution >= 0.6 is 0 Å². The quantitative estimate of drug-likeness (QED) is 0.744. The zero-order chi connectivity index (χ0) is 16.1. The van der Waals surface area contributed by atoms with Crippen LogP contribution < -0.4 is 4.74 Å². The molecule has 2 rings (SSSR count). The second-order valence-electron chi connectivity index (χ2n) is 6.66. The number of piperidine rings is 1. The number of ether oxygens (including phenoxy) is 1. The third-order valence-corrected chi connectivity index (χ3v) is 4.60. The fraction of sp³-hybridized carbons (Fsp3) is 0.632. The second-order valence-corrected chi connectivity index (χ2v) is 6.66. The molecule has 1 aliphatic rings. The largest absolute Gasteiger partial charge is 0.493 e. The van der Waals surface area contributed by atoms with Crippen LogP contribution in [-0.4, -0.2) is 36.9 Å². The van der Waals surface area contributed by atoms with Crippen molar-refractivity contribution >= 4 is 5.78 Å². The predicted molar refractivity (Wildman–Crippen MR) is 90.9 cm³/mol. The zero-order valence-corrected chi connectivity index (χ0v) is 14.4. The molecular weight excluding hydrogens is 274 g/mol. The molecule has 0 saturated carbocycles. The molecular formula is C19H29NO2. The summed E-state index contributed by atoms with van der Waals surface area (Å²) in [6.45, 7) is 11.7. The molecule has 0 bridgehead atoms. The molecule has 1 saturated heterocycles. The fourth-order valence-corrected chi connectivity index (χ4v) is 2.85. The summed E-state index contributed by atoms with van der Waals surface area (Å²) in [7, 11) is 0. The highest BCUT2D eigenvalue weighted by molar-refractivity contribution is 6.00. The number of benzene rings is 1. The number of likely N-dealkylation sites (tertiary alicyclic amines) is 1. The van der Waals surface area contributed by atoms with E-state index in [9.17, 15) is 4.79 Å². The molecule has 0 amide bonds. The molecule has 1 heterocycles. The van der Waals surface area contributed by atoms with Crippen LogP contribution in [0.2, 0.25) is 0 Å². The summed E-state index contributed by atoms with van der Waals surface area (Å²) in [5, 5.41) is 0. The van der Waals surface area contributed by atoms with E-state index in [0.29, 0.717) is 13.2 Å². The number of hydrogen-bond acceptors (Lipinski definition) is 3. The number of aryl methyl sites for hydroxylation is 2. The summed E-state index contributed by atoms with van der Waals surface area (Å²) in [5.74, 6) is 1.72. The first-order valence-corrected chi connectivity index (χ1v) is 8.50. The molecule has 22 heavy (non-hydrogen) atoms. The van der Waals surface area contributed by atoms with Gasteiger partial charge < -0.3 is 4.74 Å². The maximum absolute atomic E-state index is 12.7. The van der Waals surface area contributed by atoms with E-state index in [1.807, 2.05) is 12.1 Å². The van der Waals surface area contributed by atoms with Gasteiger partial charge in [-0.05, 0) is 75.4 Å². The lowest BCUT2D eigenvalue weighted by Gasteiger charge is -2.29. The minimum Gasteiger partial charge on any atom is -0.493 e. The van der Waals surface area contributed by atoms with Gasteiger partial charge in [0.05, 0.1) is 18.7 Å². The summed E-state index contributed by atoms with van der Waals surface area (Å²) < 4.78 is 5.81. The summed E-state index contributed by atoms with van der Waals surface area (Å²) in [6.07, 6.45) is 3.34. The maximum atomic E-state index is 12.7. The fourth-order valence-electron chi connectivity index (χ4n) is 2.85. The molecule has 122 valence electrons. The molecule has 0 spiro atoms. The Morgan fingerprint density at radius 2 is 1.86 bits per heavy atom. The highest BCUT2D eigenvalue weighted by Crippen LogP contribution is 2.25. The number of rotatable bonds is 6. The van der Waals surface area contributed by atoms with E-state index in [2.05, 4.69) is 32.6 Å². The molecule has 0 unspecified atom stereocenters. The number of nitrogens with zero attached hydrogens (tertiary/aromatic N) is 1. The van der Waals surface area contributed by atoms with Crippen molar-refractivity contribution in [3.8, 4) is 5.75 Å². The van der Waals surface area contributed by atoms with Crippen LogP contribution in [0.5, 0.6) is 5.75 Å². The lowest BCUT2D eigenvalue weighted by Crippen LogP contribution is -2.36. The Bertz CT molecular complexity index is 516. The van der Waals surface area contributed by atoms with Crippen LogP contribution in [-0.2, 0) is 0 Å². The Hall–Kier alpha value is -1.35. The van der Waals surface area contributed by atoms with Gasteiger partial charge in [0, 0.05) is 0 Å². The topological polar surface area (TPSA) is 29.5 Å². The maximum Gasteiger partial charge on any atom is 0.180 e. The SMILES string of the molecule is CCCOc1cc(C)c(C)cc1C(=O)CN1CCC(C)CC1. The number of carbonyl (C=O) groups excluding carboxylic acids is 1. The Labute approximate surface area is 134 Å². The first-order chi connectivity index (χ1) is 10.5. The van der Waals surface area contributed by atoms with Crippen molar-refractivity contribution in [2.45, 2.75) is 47.0 Å². The highest BCUT2D eigenvalue weighted by atomic mass is 16.5. The Kier molecular flexibility index (Phi) is 6.01. The number of hydrogen-bond donors (Lipinski definition) is 0. The van der Waals surface area contributed by atoms with Crippen molar-refractivity contribution in [2.75, 3.05) is 26.2 Å². The molecule has 0 aromatic heterocycles. The van der Waals surface area contributed by atoms with E-state index in [4.69, 9.17) is 4.74 Å². The lowest BCUT2D eigenvalue weighted by atomic mass is 9.98. The van der Waals surface area contributed by atoms with Crippen LogP contribution in [0, 0.1) is 19.8 Å². The molecule has 1 aromatic carbocycles. The zero-order valence-electron chi connectivity index (χ0n) is 14.4. The molecule has 3 heteroatoms. The van der Waals surface area contributed by atoms with Crippen LogP contribution in [0.1, 0.15) is 54.6 Å². The first-order valence-electron chi connectivity index (χ1n) is 8.50. The average Bonchev–Trinajstić information content (AvgIpc) is 2.50. The van der Waals surface area contributed by atoms with E-state index in [1.165, 1.54) is 18.4 Å². The standard InChI is InChI=1S/C19H29NO2/c1-5-10-22-19-12-16(4)15(3)11-17(19)18(21)13-20-8-6-14(2)7-9-20/h11-12,14H,5-10,13H2,1-4H3. The Morgan fingerprint density at radius 1 is 1.23 bits per heavy atom. The molecule has 0 radical (unpaired) electrons. The summed E-state index contributed by atoms with van der Waals surface area (Å²) in [4.78, 5) is 15.0. The van der Waals surface area contributed by atoms with E-state index in [1.54, 1.807) is 0 Å². The molecule has 1 aliphatic heterocycles. The van der Waals surface area contributed by atoms with Gasteiger partial charge in [-0.2, -0.15) is 0 Å². The Morgan fingerprint density at radius 3 is 2.50 bits per heavy atom. The predicted octanol–water partition coefficient (Wildman–Crippen LogP) is 4.01. The summed E-state index contributed by atoms with van der Waals surface area (Å²) in [6, 6.07) is 4.01. The second kappa shape index (κ2) is 7.77.